The van der Waals surface area contributed by atoms with Gasteiger partial charge in [-0.25, -0.2) is 0 Å². The molecule has 2 rings (SSSR count). The zero-order valence-electron chi connectivity index (χ0n) is 18.2. The molecule has 0 atom stereocenters. The number of carbonyl (C=O) groups excluding carboxylic acids is 1. The standard InChI is InChI=1S/C25H33NO3/c1-6-8-16-29-22-14-12-20(17-23(22)28-7-2)13-15-24(27)26-25-19(5)10-9-11-21(25)18(3)4/h9-15,17-18H,6-8,16H2,1-5H3,(H,26,27)/b15-13+. The maximum absolute atomic E-state index is 12.5. The van der Waals surface area contributed by atoms with Crippen molar-refractivity contribution in [3.05, 3.63) is 59.2 Å². The normalized spacial score (nSPS) is 11.1. The minimum Gasteiger partial charge on any atom is -0.490 e. The van der Waals surface area contributed by atoms with Crippen molar-refractivity contribution in [2.24, 2.45) is 0 Å². The molecular formula is C25H33NO3. The first kappa shape index (κ1) is 22.5. The summed E-state index contributed by atoms with van der Waals surface area (Å²) in [6.07, 6.45) is 5.43. The average molecular weight is 396 g/mol. The third kappa shape index (κ3) is 6.67. The van der Waals surface area contributed by atoms with Crippen LogP contribution in [-0.4, -0.2) is 19.1 Å². The fraction of sp³-hybridized carbons (Fsp3) is 0.400. The Labute approximate surface area is 174 Å². The van der Waals surface area contributed by atoms with Crippen molar-refractivity contribution in [2.45, 2.75) is 53.4 Å². The Morgan fingerprint density at radius 1 is 1.10 bits per heavy atom. The number of anilines is 1. The van der Waals surface area contributed by atoms with Gasteiger partial charge in [0.15, 0.2) is 11.5 Å². The number of aryl methyl sites for hydroxylation is 1. The van der Waals surface area contributed by atoms with Gasteiger partial charge in [-0.1, -0.05) is 51.5 Å². The van der Waals surface area contributed by atoms with Gasteiger partial charge in [0.05, 0.1) is 13.2 Å². The number of hydrogen-bond acceptors (Lipinski definition) is 3. The van der Waals surface area contributed by atoms with E-state index in [1.54, 1.807) is 12.2 Å². The van der Waals surface area contributed by atoms with E-state index in [1.165, 1.54) is 0 Å². The van der Waals surface area contributed by atoms with Gasteiger partial charge in [0, 0.05) is 11.8 Å². The van der Waals surface area contributed by atoms with E-state index in [0.717, 1.165) is 41.0 Å². The molecule has 1 N–H and O–H groups in total. The SMILES string of the molecule is CCCCOc1ccc(/C=C/C(=O)Nc2c(C)cccc2C(C)C)cc1OCC. The summed E-state index contributed by atoms with van der Waals surface area (Å²) >= 11 is 0. The van der Waals surface area contributed by atoms with E-state index in [1.807, 2.05) is 44.2 Å². The first-order valence-electron chi connectivity index (χ1n) is 10.4. The lowest BCUT2D eigenvalue weighted by Crippen LogP contribution is -2.11. The molecule has 0 fully saturated rings. The van der Waals surface area contributed by atoms with Crippen LogP contribution in [0, 0.1) is 6.92 Å². The van der Waals surface area contributed by atoms with E-state index in [9.17, 15) is 4.79 Å². The van der Waals surface area contributed by atoms with E-state index >= 15 is 0 Å². The quantitative estimate of drug-likeness (QED) is 0.377. The molecule has 0 heterocycles. The Kier molecular flexibility index (Phi) is 8.78. The van der Waals surface area contributed by atoms with Crippen molar-refractivity contribution in [2.75, 3.05) is 18.5 Å². The molecule has 4 heteroatoms. The summed E-state index contributed by atoms with van der Waals surface area (Å²) in [5.74, 6) is 1.63. The highest BCUT2D eigenvalue weighted by Crippen LogP contribution is 2.30. The van der Waals surface area contributed by atoms with Crippen LogP contribution in [0.25, 0.3) is 6.08 Å². The predicted molar refractivity (Wildman–Crippen MR) is 121 cm³/mol. The fourth-order valence-corrected chi connectivity index (χ4v) is 3.02. The molecule has 0 unspecified atom stereocenters. The number of carbonyl (C=O) groups is 1. The molecule has 2 aromatic rings. The zero-order chi connectivity index (χ0) is 21.2. The molecule has 0 saturated heterocycles. The zero-order valence-corrected chi connectivity index (χ0v) is 18.2. The smallest absolute Gasteiger partial charge is 0.248 e. The molecule has 2 aromatic carbocycles. The second-order valence-corrected chi connectivity index (χ2v) is 7.36. The average Bonchev–Trinajstić information content (AvgIpc) is 2.69. The van der Waals surface area contributed by atoms with Crippen molar-refractivity contribution < 1.29 is 14.3 Å². The maximum atomic E-state index is 12.5. The van der Waals surface area contributed by atoms with E-state index < -0.39 is 0 Å². The van der Waals surface area contributed by atoms with Gasteiger partial charge >= 0.3 is 0 Å². The Morgan fingerprint density at radius 2 is 1.90 bits per heavy atom. The Morgan fingerprint density at radius 3 is 2.59 bits per heavy atom. The molecule has 0 aliphatic carbocycles. The van der Waals surface area contributed by atoms with Crippen LogP contribution in [0.5, 0.6) is 11.5 Å². The van der Waals surface area contributed by atoms with Crippen LogP contribution in [-0.2, 0) is 4.79 Å². The van der Waals surface area contributed by atoms with Crippen molar-refractivity contribution in [1.29, 1.82) is 0 Å². The van der Waals surface area contributed by atoms with Gasteiger partial charge in [0.2, 0.25) is 5.91 Å². The number of nitrogens with one attached hydrogen (secondary N) is 1. The summed E-state index contributed by atoms with van der Waals surface area (Å²) in [4.78, 5) is 12.5. The monoisotopic (exact) mass is 395 g/mol. The largest absolute Gasteiger partial charge is 0.490 e. The van der Waals surface area contributed by atoms with Crippen LogP contribution in [0.3, 0.4) is 0 Å². The molecule has 0 aliphatic rings. The van der Waals surface area contributed by atoms with Gasteiger partial charge < -0.3 is 14.8 Å². The fourth-order valence-electron chi connectivity index (χ4n) is 3.02. The second-order valence-electron chi connectivity index (χ2n) is 7.36. The molecule has 29 heavy (non-hydrogen) atoms. The summed E-state index contributed by atoms with van der Waals surface area (Å²) in [6, 6.07) is 11.8. The topological polar surface area (TPSA) is 47.6 Å². The lowest BCUT2D eigenvalue weighted by molar-refractivity contribution is -0.111. The third-order valence-corrected chi connectivity index (χ3v) is 4.63. The highest BCUT2D eigenvalue weighted by molar-refractivity contribution is 6.02. The van der Waals surface area contributed by atoms with Crippen molar-refractivity contribution in [3.8, 4) is 11.5 Å². The summed E-state index contributed by atoms with van der Waals surface area (Å²) in [5, 5.41) is 3.03. The maximum Gasteiger partial charge on any atom is 0.248 e. The highest BCUT2D eigenvalue weighted by Gasteiger charge is 2.11. The van der Waals surface area contributed by atoms with Crippen LogP contribution in [0.4, 0.5) is 5.69 Å². The van der Waals surface area contributed by atoms with Gasteiger partial charge in [-0.05, 0) is 61.1 Å². The number of amides is 1. The summed E-state index contributed by atoms with van der Waals surface area (Å²) in [6.45, 7) is 11.6. The van der Waals surface area contributed by atoms with E-state index in [2.05, 4.69) is 32.2 Å². The van der Waals surface area contributed by atoms with E-state index in [0.29, 0.717) is 24.9 Å². The molecule has 0 aromatic heterocycles. The van der Waals surface area contributed by atoms with Crippen molar-refractivity contribution in [3.63, 3.8) is 0 Å². The van der Waals surface area contributed by atoms with Crippen molar-refractivity contribution >= 4 is 17.7 Å². The van der Waals surface area contributed by atoms with Gasteiger partial charge in [-0.3, -0.25) is 4.79 Å². The van der Waals surface area contributed by atoms with Crippen LogP contribution < -0.4 is 14.8 Å². The minimum atomic E-state index is -0.151. The summed E-state index contributed by atoms with van der Waals surface area (Å²) in [7, 11) is 0. The van der Waals surface area contributed by atoms with Crippen LogP contribution in [0.1, 0.15) is 63.1 Å². The number of ether oxygens (including phenoxy) is 2. The molecule has 4 nitrogen and oxygen atoms in total. The molecule has 0 spiro atoms. The van der Waals surface area contributed by atoms with Crippen molar-refractivity contribution in [1.82, 2.24) is 0 Å². The summed E-state index contributed by atoms with van der Waals surface area (Å²) < 4.78 is 11.5. The molecule has 0 saturated carbocycles. The predicted octanol–water partition coefficient (Wildman–Crippen LogP) is 6.35. The Bertz CT molecular complexity index is 840. The number of para-hydroxylation sites is 1. The van der Waals surface area contributed by atoms with E-state index in [4.69, 9.17) is 9.47 Å². The molecule has 156 valence electrons. The third-order valence-electron chi connectivity index (χ3n) is 4.63. The Hall–Kier alpha value is -2.75. The highest BCUT2D eigenvalue weighted by atomic mass is 16.5. The molecular weight excluding hydrogens is 362 g/mol. The number of hydrogen-bond donors (Lipinski definition) is 1. The molecule has 1 amide bonds. The first-order chi connectivity index (χ1) is 14.0. The first-order valence-corrected chi connectivity index (χ1v) is 10.4. The van der Waals surface area contributed by atoms with Gasteiger partial charge in [0.25, 0.3) is 0 Å². The summed E-state index contributed by atoms with van der Waals surface area (Å²) in [5.41, 5.74) is 3.98. The van der Waals surface area contributed by atoms with Crippen LogP contribution in [0.15, 0.2) is 42.5 Å². The number of benzene rings is 2. The van der Waals surface area contributed by atoms with Gasteiger partial charge in [0.1, 0.15) is 0 Å². The number of rotatable bonds is 10. The van der Waals surface area contributed by atoms with Crippen LogP contribution in [0.2, 0.25) is 0 Å². The van der Waals surface area contributed by atoms with Crippen LogP contribution >= 0.6 is 0 Å². The minimum absolute atomic E-state index is 0.151. The van der Waals surface area contributed by atoms with E-state index in [-0.39, 0.29) is 5.91 Å². The number of unbranched alkanes of at least 4 members (excludes halogenated alkanes) is 1. The van der Waals surface area contributed by atoms with Gasteiger partial charge in [-0.2, -0.15) is 0 Å². The molecule has 0 bridgehead atoms. The lowest BCUT2D eigenvalue weighted by atomic mass is 9.98. The molecule has 0 aliphatic heterocycles. The lowest BCUT2D eigenvalue weighted by Gasteiger charge is -2.15. The second kappa shape index (κ2) is 11.3. The van der Waals surface area contributed by atoms with Gasteiger partial charge in [-0.15, -0.1) is 0 Å². The molecule has 0 radical (unpaired) electrons. The Balaban J connectivity index is 2.13.